The number of hydrogen-bond donors (Lipinski definition) is 3. The quantitative estimate of drug-likeness (QED) is 0.757. The first kappa shape index (κ1) is 15.7. The van der Waals surface area contributed by atoms with Gasteiger partial charge in [-0.15, -0.1) is 0 Å². The Labute approximate surface area is 128 Å². The Hall–Kier alpha value is -2.70. The van der Waals surface area contributed by atoms with E-state index >= 15 is 0 Å². The number of benzene rings is 1. The molecule has 2 aromatic rings. The van der Waals surface area contributed by atoms with Crippen LogP contribution in [0.1, 0.15) is 20.8 Å². The van der Waals surface area contributed by atoms with Gasteiger partial charge in [0.2, 0.25) is 0 Å². The average molecular weight is 305 g/mol. The molecule has 0 atom stereocenters. The van der Waals surface area contributed by atoms with Gasteiger partial charge in [0.1, 0.15) is 5.60 Å². The number of methoxy groups -OCH3 is 1. The largest absolute Gasteiger partial charge is 0.503 e. The van der Waals surface area contributed by atoms with Crippen LogP contribution in [-0.2, 0) is 4.74 Å². The molecular weight excluding hydrogens is 286 g/mol. The van der Waals surface area contributed by atoms with Crippen molar-refractivity contribution in [1.29, 1.82) is 0 Å². The van der Waals surface area contributed by atoms with Crippen molar-refractivity contribution in [2.45, 2.75) is 26.4 Å². The minimum absolute atomic E-state index is 0.170. The van der Waals surface area contributed by atoms with Gasteiger partial charge in [0.15, 0.2) is 11.5 Å². The molecule has 0 aliphatic rings. The zero-order valence-corrected chi connectivity index (χ0v) is 12.9. The fraction of sp³-hybridized carbons (Fsp3) is 0.333. The maximum absolute atomic E-state index is 11.9. The fourth-order valence-electron chi connectivity index (χ4n) is 1.84. The molecule has 1 heterocycles. The molecule has 1 aromatic carbocycles. The molecular formula is C15H19N3O4. The van der Waals surface area contributed by atoms with Gasteiger partial charge in [0.25, 0.3) is 0 Å². The molecule has 7 nitrogen and oxygen atoms in total. The smallest absolute Gasteiger partial charge is 0.412 e. The maximum Gasteiger partial charge on any atom is 0.412 e. The molecule has 2 rings (SSSR count). The molecule has 0 aliphatic carbocycles. The van der Waals surface area contributed by atoms with Crippen LogP contribution in [0.3, 0.4) is 0 Å². The summed E-state index contributed by atoms with van der Waals surface area (Å²) in [4.78, 5) is 18.8. The minimum Gasteiger partial charge on any atom is -0.503 e. The molecule has 3 N–H and O–H groups in total. The predicted molar refractivity (Wildman–Crippen MR) is 82.1 cm³/mol. The summed E-state index contributed by atoms with van der Waals surface area (Å²) >= 11 is 0. The van der Waals surface area contributed by atoms with Gasteiger partial charge in [-0.25, -0.2) is 9.78 Å². The van der Waals surface area contributed by atoms with Gasteiger partial charge in [0.05, 0.1) is 31.0 Å². The number of anilines is 1. The van der Waals surface area contributed by atoms with Crippen LogP contribution in [0.4, 0.5) is 10.5 Å². The molecule has 0 bridgehead atoms. The normalized spacial score (nSPS) is 11.1. The Morgan fingerprint density at radius 1 is 1.36 bits per heavy atom. The van der Waals surface area contributed by atoms with Crippen LogP contribution in [0.2, 0.25) is 0 Å². The first-order valence-electron chi connectivity index (χ1n) is 6.70. The van der Waals surface area contributed by atoms with Crippen LogP contribution >= 0.6 is 0 Å². The van der Waals surface area contributed by atoms with E-state index in [0.29, 0.717) is 5.56 Å². The number of ether oxygens (including phenoxy) is 2. The van der Waals surface area contributed by atoms with Gasteiger partial charge in [0, 0.05) is 5.56 Å². The molecule has 118 valence electrons. The van der Waals surface area contributed by atoms with Gasteiger partial charge in [-0.05, 0) is 32.9 Å². The van der Waals surface area contributed by atoms with Crippen LogP contribution < -0.4 is 10.1 Å². The first-order chi connectivity index (χ1) is 10.3. The number of carbonyl (C=O) groups is 1. The number of imidazole rings is 1. The lowest BCUT2D eigenvalue weighted by Gasteiger charge is -2.20. The number of H-pyrrole nitrogens is 1. The third-order valence-electron chi connectivity index (χ3n) is 2.74. The second-order valence-electron chi connectivity index (χ2n) is 5.67. The Morgan fingerprint density at radius 3 is 2.64 bits per heavy atom. The molecule has 0 radical (unpaired) electrons. The van der Waals surface area contributed by atoms with E-state index in [1.54, 1.807) is 39.1 Å². The van der Waals surface area contributed by atoms with Crippen LogP contribution in [-0.4, -0.2) is 33.9 Å². The van der Waals surface area contributed by atoms with Crippen molar-refractivity contribution in [2.24, 2.45) is 0 Å². The van der Waals surface area contributed by atoms with Crippen molar-refractivity contribution in [3.8, 4) is 22.8 Å². The summed E-state index contributed by atoms with van der Waals surface area (Å²) in [5.74, 6) is 0.0646. The van der Waals surface area contributed by atoms with E-state index in [0.717, 1.165) is 5.69 Å². The topological polar surface area (TPSA) is 96.5 Å². The number of nitrogens with zero attached hydrogens (tertiary/aromatic N) is 1. The highest BCUT2D eigenvalue weighted by Crippen LogP contribution is 2.38. The van der Waals surface area contributed by atoms with Gasteiger partial charge in [-0.1, -0.05) is 0 Å². The second kappa shape index (κ2) is 5.97. The van der Waals surface area contributed by atoms with Crippen LogP contribution in [0.25, 0.3) is 11.3 Å². The zero-order valence-electron chi connectivity index (χ0n) is 12.9. The summed E-state index contributed by atoms with van der Waals surface area (Å²) in [6.45, 7) is 5.27. The second-order valence-corrected chi connectivity index (χ2v) is 5.67. The minimum atomic E-state index is -0.661. The molecule has 22 heavy (non-hydrogen) atoms. The number of amides is 1. The Morgan fingerprint density at radius 2 is 2.09 bits per heavy atom. The van der Waals surface area contributed by atoms with Crippen molar-refractivity contribution in [3.05, 3.63) is 24.7 Å². The summed E-state index contributed by atoms with van der Waals surface area (Å²) in [5, 5.41) is 12.7. The lowest BCUT2D eigenvalue weighted by atomic mass is 10.1. The summed E-state index contributed by atoms with van der Waals surface area (Å²) in [6, 6.07) is 3.25. The molecule has 0 unspecified atom stereocenters. The third kappa shape index (κ3) is 3.69. The average Bonchev–Trinajstić information content (AvgIpc) is 2.92. The number of carbonyl (C=O) groups excluding carboxylic acids is 1. The lowest BCUT2D eigenvalue weighted by molar-refractivity contribution is 0.0635. The van der Waals surface area contributed by atoms with E-state index in [2.05, 4.69) is 15.3 Å². The molecule has 1 aromatic heterocycles. The highest BCUT2D eigenvalue weighted by molar-refractivity contribution is 5.89. The monoisotopic (exact) mass is 305 g/mol. The molecule has 7 heteroatoms. The van der Waals surface area contributed by atoms with E-state index in [1.165, 1.54) is 13.4 Å². The zero-order chi connectivity index (χ0) is 16.3. The first-order valence-corrected chi connectivity index (χ1v) is 6.70. The predicted octanol–water partition coefficient (Wildman–Crippen LogP) is 3.14. The van der Waals surface area contributed by atoms with Gasteiger partial charge in [-0.2, -0.15) is 0 Å². The Bertz CT molecular complexity index is 660. The summed E-state index contributed by atoms with van der Waals surface area (Å²) in [7, 11) is 1.43. The maximum atomic E-state index is 11.9. The van der Waals surface area contributed by atoms with Gasteiger partial charge in [-0.3, -0.25) is 5.32 Å². The molecule has 0 aliphatic heterocycles. The third-order valence-corrected chi connectivity index (χ3v) is 2.74. The number of rotatable bonds is 3. The number of aromatic nitrogens is 2. The number of hydrogen-bond acceptors (Lipinski definition) is 5. The summed E-state index contributed by atoms with van der Waals surface area (Å²) in [6.07, 6.45) is 2.50. The van der Waals surface area contributed by atoms with E-state index in [1.807, 2.05) is 0 Å². The standard InChI is InChI=1S/C15H19N3O4/c1-15(2,3)22-14(20)18-10-5-9(11-7-16-8-17-11)6-12(21-4)13(10)19/h5-8,19H,1-4H3,(H,16,17)(H,18,20). The number of phenolic OH excluding ortho intramolecular Hbond substituents is 1. The van der Waals surface area contributed by atoms with Crippen molar-refractivity contribution < 1.29 is 19.4 Å². The van der Waals surface area contributed by atoms with E-state index in [9.17, 15) is 9.90 Å². The number of nitrogens with one attached hydrogen (secondary N) is 2. The Kier molecular flexibility index (Phi) is 4.25. The van der Waals surface area contributed by atoms with Crippen molar-refractivity contribution >= 4 is 11.8 Å². The van der Waals surface area contributed by atoms with Crippen LogP contribution in [0.15, 0.2) is 24.7 Å². The Balaban J connectivity index is 2.34. The molecule has 0 fully saturated rings. The van der Waals surface area contributed by atoms with Crippen LogP contribution in [0.5, 0.6) is 11.5 Å². The molecule has 0 saturated heterocycles. The van der Waals surface area contributed by atoms with Crippen molar-refractivity contribution in [1.82, 2.24) is 9.97 Å². The van der Waals surface area contributed by atoms with E-state index in [4.69, 9.17) is 9.47 Å². The van der Waals surface area contributed by atoms with E-state index < -0.39 is 11.7 Å². The highest BCUT2D eigenvalue weighted by atomic mass is 16.6. The van der Waals surface area contributed by atoms with E-state index in [-0.39, 0.29) is 17.2 Å². The van der Waals surface area contributed by atoms with Crippen LogP contribution in [0, 0.1) is 0 Å². The molecule has 0 spiro atoms. The molecule has 0 saturated carbocycles. The number of aromatic hydroxyl groups is 1. The summed E-state index contributed by atoms with van der Waals surface area (Å²) in [5.41, 5.74) is 0.993. The van der Waals surface area contributed by atoms with Crippen molar-refractivity contribution in [2.75, 3.05) is 12.4 Å². The van der Waals surface area contributed by atoms with Gasteiger partial charge >= 0.3 is 6.09 Å². The fourth-order valence-corrected chi connectivity index (χ4v) is 1.84. The summed E-state index contributed by atoms with van der Waals surface area (Å²) < 4.78 is 10.3. The van der Waals surface area contributed by atoms with Crippen molar-refractivity contribution in [3.63, 3.8) is 0 Å². The molecule has 1 amide bonds. The number of phenols is 1. The number of aromatic amines is 1. The lowest BCUT2D eigenvalue weighted by Crippen LogP contribution is -2.27. The van der Waals surface area contributed by atoms with Gasteiger partial charge < -0.3 is 19.6 Å². The highest BCUT2D eigenvalue weighted by Gasteiger charge is 2.19. The SMILES string of the molecule is COc1cc(-c2cnc[nH]2)cc(NC(=O)OC(C)(C)C)c1O.